The third-order valence-electron chi connectivity index (χ3n) is 1.15. The zero-order chi connectivity index (χ0) is 10.1. The fourth-order valence-corrected chi connectivity index (χ4v) is 1.04. The molecule has 1 aromatic rings. The maximum Gasteiger partial charge on any atom is 0.573 e. The van der Waals surface area contributed by atoms with Gasteiger partial charge in [-0.3, -0.25) is 0 Å². The van der Waals surface area contributed by atoms with Crippen molar-refractivity contribution in [2.75, 3.05) is 0 Å². The van der Waals surface area contributed by atoms with Crippen molar-refractivity contribution in [2.45, 2.75) is 11.3 Å². The van der Waals surface area contributed by atoms with Gasteiger partial charge in [0.1, 0.15) is 5.75 Å². The summed E-state index contributed by atoms with van der Waals surface area (Å²) in [5, 5.41) is 0.164. The second-order valence-corrected chi connectivity index (χ2v) is 3.08. The summed E-state index contributed by atoms with van der Waals surface area (Å²) in [4.78, 5) is 0.0849. The summed E-state index contributed by atoms with van der Waals surface area (Å²) < 4.78 is 38.9. The lowest BCUT2D eigenvalue weighted by Crippen LogP contribution is -2.17. The zero-order valence-corrected chi connectivity index (χ0v) is 7.75. The molecule has 13 heavy (non-hydrogen) atoms. The first kappa shape index (κ1) is 10.5. The van der Waals surface area contributed by atoms with Crippen LogP contribution < -0.4 is 4.74 Å². The van der Waals surface area contributed by atoms with Crippen LogP contribution in [0.15, 0.2) is 23.1 Å². The third-order valence-corrected chi connectivity index (χ3v) is 1.75. The van der Waals surface area contributed by atoms with Crippen LogP contribution in [0.3, 0.4) is 0 Å². The number of rotatable bonds is 1. The van der Waals surface area contributed by atoms with Gasteiger partial charge in [0.25, 0.3) is 0 Å². The third kappa shape index (κ3) is 3.36. The van der Waals surface area contributed by atoms with E-state index in [0.29, 0.717) is 0 Å². The molecule has 0 unspecified atom stereocenters. The Hall–Kier alpha value is -0.550. The van der Waals surface area contributed by atoms with E-state index in [4.69, 9.17) is 11.6 Å². The lowest BCUT2D eigenvalue weighted by molar-refractivity contribution is -0.275. The monoisotopic (exact) mass is 228 g/mol. The Morgan fingerprint density at radius 3 is 2.46 bits per heavy atom. The van der Waals surface area contributed by atoms with Gasteiger partial charge in [-0.05, 0) is 12.1 Å². The molecule has 0 aliphatic carbocycles. The first-order valence-electron chi connectivity index (χ1n) is 3.13. The molecule has 0 amide bonds. The predicted molar refractivity (Wildman–Crippen MR) is 45.4 cm³/mol. The molecule has 0 bridgehead atoms. The van der Waals surface area contributed by atoms with Gasteiger partial charge in [0.2, 0.25) is 0 Å². The lowest BCUT2D eigenvalue weighted by atomic mass is 10.3. The number of hydrogen-bond acceptors (Lipinski definition) is 2. The van der Waals surface area contributed by atoms with E-state index in [1.807, 2.05) is 0 Å². The van der Waals surface area contributed by atoms with Crippen molar-refractivity contribution in [1.29, 1.82) is 0 Å². The molecule has 1 aromatic carbocycles. The Bertz CT molecular complexity index is 313. The molecule has 0 aliphatic rings. The van der Waals surface area contributed by atoms with E-state index >= 15 is 0 Å². The van der Waals surface area contributed by atoms with E-state index in [9.17, 15) is 13.2 Å². The van der Waals surface area contributed by atoms with Crippen molar-refractivity contribution in [1.82, 2.24) is 0 Å². The molecule has 0 aromatic heterocycles. The highest BCUT2D eigenvalue weighted by atomic mass is 35.5. The highest BCUT2D eigenvalue weighted by Gasteiger charge is 2.31. The summed E-state index contributed by atoms with van der Waals surface area (Å²) in [6, 6.07) is 3.80. The summed E-state index contributed by atoms with van der Waals surface area (Å²) in [5.41, 5.74) is 0. The van der Waals surface area contributed by atoms with Crippen LogP contribution in [-0.2, 0) is 0 Å². The molecule has 0 spiro atoms. The van der Waals surface area contributed by atoms with Gasteiger partial charge in [-0.25, -0.2) is 0 Å². The molecule has 6 heteroatoms. The molecule has 0 saturated heterocycles. The molecule has 0 fully saturated rings. The Morgan fingerprint density at radius 2 is 1.92 bits per heavy atom. The van der Waals surface area contributed by atoms with E-state index in [1.54, 1.807) is 0 Å². The summed E-state index contributed by atoms with van der Waals surface area (Å²) in [5.74, 6) is -0.400. The number of halogens is 4. The second-order valence-electron chi connectivity index (χ2n) is 2.16. The van der Waals surface area contributed by atoms with E-state index in [0.717, 1.165) is 6.07 Å². The Balaban J connectivity index is 2.94. The Labute approximate surface area is 82.9 Å². The van der Waals surface area contributed by atoms with Gasteiger partial charge >= 0.3 is 6.36 Å². The van der Waals surface area contributed by atoms with Crippen molar-refractivity contribution in [2.24, 2.45) is 0 Å². The standard InChI is InChI=1S/C7H4ClF3OS/c8-4-1-2-6(13)5(3-4)12-7(9,10)11/h1-3,13H. The molecule has 0 radical (unpaired) electrons. The van der Waals surface area contributed by atoms with Gasteiger partial charge in [0, 0.05) is 16.0 Å². The second kappa shape index (κ2) is 3.67. The SMILES string of the molecule is FC(F)(F)Oc1cc(Cl)ccc1S. The Morgan fingerprint density at radius 1 is 1.31 bits per heavy atom. The van der Waals surface area contributed by atoms with Crippen LogP contribution in [0.5, 0.6) is 5.75 Å². The fourth-order valence-electron chi connectivity index (χ4n) is 0.694. The zero-order valence-electron chi connectivity index (χ0n) is 6.10. The summed E-state index contributed by atoms with van der Waals surface area (Å²) >= 11 is 9.24. The molecule has 1 nitrogen and oxygen atoms in total. The average Bonchev–Trinajstić information content (AvgIpc) is 1.94. The fraction of sp³-hybridized carbons (Fsp3) is 0.143. The van der Waals surface area contributed by atoms with Crippen LogP contribution in [0.4, 0.5) is 13.2 Å². The summed E-state index contributed by atoms with van der Waals surface area (Å²) in [6.07, 6.45) is -4.72. The maximum atomic E-state index is 11.8. The lowest BCUT2D eigenvalue weighted by Gasteiger charge is -2.10. The molecular formula is C7H4ClF3OS. The molecule has 0 N–H and O–H groups in total. The first-order chi connectivity index (χ1) is 5.88. The summed E-state index contributed by atoms with van der Waals surface area (Å²) in [7, 11) is 0. The smallest absolute Gasteiger partial charge is 0.405 e. The maximum absolute atomic E-state index is 11.8. The van der Waals surface area contributed by atoms with Crippen LogP contribution in [0.2, 0.25) is 5.02 Å². The Kier molecular flexibility index (Phi) is 2.98. The molecule has 0 atom stereocenters. The van der Waals surface area contributed by atoms with Crippen LogP contribution in [0.1, 0.15) is 0 Å². The normalized spacial score (nSPS) is 11.5. The van der Waals surface area contributed by atoms with Gasteiger partial charge in [0.15, 0.2) is 0 Å². The van der Waals surface area contributed by atoms with Crippen molar-refractivity contribution in [3.63, 3.8) is 0 Å². The molecule has 1 rings (SSSR count). The highest BCUT2D eigenvalue weighted by molar-refractivity contribution is 7.80. The van der Waals surface area contributed by atoms with Gasteiger partial charge in [0.05, 0.1) is 0 Å². The molecular weight excluding hydrogens is 225 g/mol. The molecule has 72 valence electrons. The number of hydrogen-bond donors (Lipinski definition) is 1. The topological polar surface area (TPSA) is 9.23 Å². The average molecular weight is 229 g/mol. The molecule has 0 saturated carbocycles. The van der Waals surface area contributed by atoms with Crippen LogP contribution >= 0.6 is 24.2 Å². The van der Waals surface area contributed by atoms with Crippen molar-refractivity contribution >= 4 is 24.2 Å². The quantitative estimate of drug-likeness (QED) is 0.724. The summed E-state index contributed by atoms with van der Waals surface area (Å²) in [6.45, 7) is 0. The van der Waals surface area contributed by atoms with E-state index in [2.05, 4.69) is 17.4 Å². The minimum Gasteiger partial charge on any atom is -0.405 e. The molecule has 0 aliphatic heterocycles. The van der Waals surface area contributed by atoms with Crippen LogP contribution in [-0.4, -0.2) is 6.36 Å². The van der Waals surface area contributed by atoms with Crippen molar-refractivity contribution in [3.8, 4) is 5.75 Å². The minimum absolute atomic E-state index is 0.0849. The van der Waals surface area contributed by atoms with Gasteiger partial charge in [-0.1, -0.05) is 11.6 Å². The largest absolute Gasteiger partial charge is 0.573 e. The van der Waals surface area contributed by atoms with Crippen LogP contribution in [0, 0.1) is 0 Å². The van der Waals surface area contributed by atoms with E-state index in [1.165, 1.54) is 12.1 Å². The predicted octanol–water partition coefficient (Wildman–Crippen LogP) is 3.53. The van der Waals surface area contributed by atoms with Gasteiger partial charge in [-0.15, -0.1) is 25.8 Å². The van der Waals surface area contributed by atoms with Gasteiger partial charge in [-0.2, -0.15) is 0 Å². The van der Waals surface area contributed by atoms with Crippen LogP contribution in [0.25, 0.3) is 0 Å². The van der Waals surface area contributed by atoms with Gasteiger partial charge < -0.3 is 4.74 Å². The number of benzene rings is 1. The number of alkyl halides is 3. The number of thiol groups is 1. The first-order valence-corrected chi connectivity index (χ1v) is 3.95. The van der Waals surface area contributed by atoms with E-state index < -0.39 is 12.1 Å². The highest BCUT2D eigenvalue weighted by Crippen LogP contribution is 2.30. The molecule has 0 heterocycles. The van der Waals surface area contributed by atoms with E-state index in [-0.39, 0.29) is 9.92 Å². The minimum atomic E-state index is -4.72. The van der Waals surface area contributed by atoms with Crippen molar-refractivity contribution in [3.05, 3.63) is 23.2 Å². The van der Waals surface area contributed by atoms with Crippen molar-refractivity contribution < 1.29 is 17.9 Å². The number of ether oxygens (including phenoxy) is 1.